The highest BCUT2D eigenvalue weighted by atomic mass is 19.1. The number of hydrogen-bond acceptors (Lipinski definition) is 3. The number of nitrogens with two attached hydrogens (primary N) is 1. The van der Waals surface area contributed by atoms with Crippen molar-refractivity contribution in [2.45, 2.75) is 19.3 Å². The van der Waals surface area contributed by atoms with E-state index in [0.717, 1.165) is 0 Å². The molecule has 0 heterocycles. The van der Waals surface area contributed by atoms with Gasteiger partial charge in [-0.3, -0.25) is 4.79 Å². The van der Waals surface area contributed by atoms with Crippen LogP contribution in [-0.4, -0.2) is 24.7 Å². The molecule has 0 radical (unpaired) electrons. The molecule has 0 aliphatic rings. The van der Waals surface area contributed by atoms with Crippen LogP contribution in [0.15, 0.2) is 18.2 Å². The van der Waals surface area contributed by atoms with Gasteiger partial charge in [-0.2, -0.15) is 0 Å². The highest BCUT2D eigenvalue weighted by Gasteiger charge is 2.19. The van der Waals surface area contributed by atoms with Gasteiger partial charge in [0.1, 0.15) is 11.6 Å². The van der Waals surface area contributed by atoms with Crippen molar-refractivity contribution >= 4 is 5.97 Å². The van der Waals surface area contributed by atoms with E-state index in [4.69, 9.17) is 15.6 Å². The first-order chi connectivity index (χ1) is 8.58. The number of hydrogen-bond donors (Lipinski definition) is 2. The third-order valence-electron chi connectivity index (χ3n) is 2.83. The quantitative estimate of drug-likeness (QED) is 0.779. The molecule has 0 amide bonds. The van der Waals surface area contributed by atoms with E-state index in [1.165, 1.54) is 13.2 Å². The second-order valence-corrected chi connectivity index (χ2v) is 4.13. The van der Waals surface area contributed by atoms with Crippen LogP contribution >= 0.6 is 0 Å². The third-order valence-corrected chi connectivity index (χ3v) is 2.83. The highest BCUT2D eigenvalue weighted by Crippen LogP contribution is 2.21. The Balaban J connectivity index is 2.77. The van der Waals surface area contributed by atoms with Crippen molar-refractivity contribution in [1.29, 1.82) is 0 Å². The lowest BCUT2D eigenvalue weighted by Crippen LogP contribution is -2.18. The molecule has 1 atom stereocenters. The van der Waals surface area contributed by atoms with Crippen LogP contribution in [0.2, 0.25) is 0 Å². The molecule has 0 saturated carbocycles. The molecule has 1 rings (SSSR count). The predicted molar refractivity (Wildman–Crippen MR) is 66.1 cm³/mol. The first-order valence-corrected chi connectivity index (χ1v) is 5.83. The van der Waals surface area contributed by atoms with E-state index in [9.17, 15) is 9.18 Å². The average Bonchev–Trinajstić information content (AvgIpc) is 2.35. The van der Waals surface area contributed by atoms with Crippen LogP contribution in [0, 0.1) is 11.7 Å². The monoisotopic (exact) mass is 255 g/mol. The van der Waals surface area contributed by atoms with Gasteiger partial charge in [-0.15, -0.1) is 0 Å². The number of methoxy groups -OCH3 is 1. The van der Waals surface area contributed by atoms with Crippen molar-refractivity contribution in [3.8, 4) is 5.75 Å². The fourth-order valence-corrected chi connectivity index (χ4v) is 1.76. The molecule has 0 saturated heterocycles. The molecular weight excluding hydrogens is 237 g/mol. The summed E-state index contributed by atoms with van der Waals surface area (Å²) in [4.78, 5) is 11.1. The van der Waals surface area contributed by atoms with Gasteiger partial charge in [-0.05, 0) is 37.4 Å². The maximum absolute atomic E-state index is 13.7. The molecular formula is C13H18FNO3. The second kappa shape index (κ2) is 6.96. The van der Waals surface area contributed by atoms with Gasteiger partial charge in [-0.1, -0.05) is 6.07 Å². The Morgan fingerprint density at radius 1 is 1.56 bits per heavy atom. The van der Waals surface area contributed by atoms with Gasteiger partial charge in [0, 0.05) is 6.07 Å². The van der Waals surface area contributed by atoms with E-state index >= 15 is 0 Å². The molecule has 0 aromatic heterocycles. The van der Waals surface area contributed by atoms with Crippen LogP contribution < -0.4 is 10.5 Å². The van der Waals surface area contributed by atoms with E-state index in [1.54, 1.807) is 12.1 Å². The summed E-state index contributed by atoms with van der Waals surface area (Å²) in [6, 6.07) is 4.45. The summed E-state index contributed by atoms with van der Waals surface area (Å²) in [5.74, 6) is -1.53. The maximum Gasteiger partial charge on any atom is 0.306 e. The summed E-state index contributed by atoms with van der Waals surface area (Å²) in [6.45, 7) is 0.439. The maximum atomic E-state index is 13.7. The van der Waals surface area contributed by atoms with Crippen LogP contribution in [0.25, 0.3) is 0 Å². The zero-order valence-electron chi connectivity index (χ0n) is 10.4. The van der Waals surface area contributed by atoms with Crippen LogP contribution in [-0.2, 0) is 11.2 Å². The smallest absolute Gasteiger partial charge is 0.306 e. The van der Waals surface area contributed by atoms with Gasteiger partial charge in [0.25, 0.3) is 0 Å². The van der Waals surface area contributed by atoms with Crippen LogP contribution in [0.1, 0.15) is 18.4 Å². The topological polar surface area (TPSA) is 72.5 Å². The van der Waals surface area contributed by atoms with Crippen LogP contribution in [0.5, 0.6) is 5.75 Å². The lowest BCUT2D eigenvalue weighted by Gasteiger charge is -2.12. The molecule has 18 heavy (non-hydrogen) atoms. The summed E-state index contributed by atoms with van der Waals surface area (Å²) in [5.41, 5.74) is 5.74. The Kier molecular flexibility index (Phi) is 5.58. The SMILES string of the molecule is COc1ccc(CC(CCCN)C(=O)O)c(F)c1. The van der Waals surface area contributed by atoms with Crippen LogP contribution in [0.3, 0.4) is 0 Å². The van der Waals surface area contributed by atoms with E-state index in [0.29, 0.717) is 30.7 Å². The van der Waals surface area contributed by atoms with Crippen molar-refractivity contribution in [2.75, 3.05) is 13.7 Å². The molecule has 0 aliphatic carbocycles. The summed E-state index contributed by atoms with van der Waals surface area (Å²) >= 11 is 0. The molecule has 3 N–H and O–H groups in total. The van der Waals surface area contributed by atoms with E-state index in [-0.39, 0.29) is 6.42 Å². The van der Waals surface area contributed by atoms with Crippen molar-refractivity contribution in [1.82, 2.24) is 0 Å². The normalized spacial score (nSPS) is 12.2. The summed E-state index contributed by atoms with van der Waals surface area (Å²) in [5, 5.41) is 9.06. The number of carboxylic acid groups (broad SMARTS) is 1. The first kappa shape index (κ1) is 14.4. The van der Waals surface area contributed by atoms with Crippen molar-refractivity contribution in [2.24, 2.45) is 11.7 Å². The molecule has 0 aliphatic heterocycles. The standard InChI is InChI=1S/C13H18FNO3/c1-18-11-5-4-9(12(14)8-11)7-10(13(16)17)3-2-6-15/h4-5,8,10H,2-3,6-7,15H2,1H3,(H,16,17). The van der Waals surface area contributed by atoms with E-state index < -0.39 is 17.7 Å². The molecule has 5 heteroatoms. The van der Waals surface area contributed by atoms with Crippen molar-refractivity contribution < 1.29 is 19.0 Å². The second-order valence-electron chi connectivity index (χ2n) is 4.13. The third kappa shape index (κ3) is 4.00. The van der Waals surface area contributed by atoms with Gasteiger partial charge in [-0.25, -0.2) is 4.39 Å². The average molecular weight is 255 g/mol. The van der Waals surface area contributed by atoms with Crippen molar-refractivity contribution in [3.63, 3.8) is 0 Å². The largest absolute Gasteiger partial charge is 0.497 e. The summed E-state index contributed by atoms with van der Waals surface area (Å²) in [6.07, 6.45) is 1.25. The Labute approximate surface area is 106 Å². The van der Waals surface area contributed by atoms with Gasteiger partial charge in [0.05, 0.1) is 13.0 Å². The summed E-state index contributed by atoms with van der Waals surface area (Å²) in [7, 11) is 1.45. The lowest BCUT2D eigenvalue weighted by atomic mass is 9.94. The Bertz CT molecular complexity index is 409. The van der Waals surface area contributed by atoms with Crippen LogP contribution in [0.4, 0.5) is 4.39 Å². The number of benzene rings is 1. The zero-order valence-corrected chi connectivity index (χ0v) is 10.4. The van der Waals surface area contributed by atoms with Gasteiger partial charge >= 0.3 is 5.97 Å². The number of aliphatic carboxylic acids is 1. The number of ether oxygens (including phenoxy) is 1. The van der Waals surface area contributed by atoms with Gasteiger partial charge in [0.15, 0.2) is 0 Å². The Morgan fingerprint density at radius 3 is 2.78 bits per heavy atom. The van der Waals surface area contributed by atoms with Crippen molar-refractivity contribution in [3.05, 3.63) is 29.6 Å². The molecule has 100 valence electrons. The molecule has 1 aromatic rings. The minimum atomic E-state index is -0.918. The van der Waals surface area contributed by atoms with E-state index in [1.807, 2.05) is 0 Å². The van der Waals surface area contributed by atoms with E-state index in [2.05, 4.69) is 0 Å². The fourth-order valence-electron chi connectivity index (χ4n) is 1.76. The predicted octanol–water partition coefficient (Wildman–Crippen LogP) is 1.82. The minimum Gasteiger partial charge on any atom is -0.497 e. The fraction of sp³-hybridized carbons (Fsp3) is 0.462. The molecule has 0 bridgehead atoms. The summed E-state index contributed by atoms with van der Waals surface area (Å²) < 4.78 is 18.6. The van der Waals surface area contributed by atoms with Gasteiger partial charge < -0.3 is 15.6 Å². The molecule has 0 spiro atoms. The number of halogens is 1. The molecule has 4 nitrogen and oxygen atoms in total. The number of rotatable bonds is 7. The molecule has 0 fully saturated rings. The Hall–Kier alpha value is -1.62. The number of carbonyl (C=O) groups is 1. The zero-order chi connectivity index (χ0) is 13.5. The first-order valence-electron chi connectivity index (χ1n) is 5.83. The highest BCUT2D eigenvalue weighted by molar-refractivity contribution is 5.70. The minimum absolute atomic E-state index is 0.172. The molecule has 1 aromatic carbocycles. The molecule has 1 unspecified atom stereocenters. The Morgan fingerprint density at radius 2 is 2.28 bits per heavy atom. The lowest BCUT2D eigenvalue weighted by molar-refractivity contribution is -0.141. The number of carboxylic acids is 1. The van der Waals surface area contributed by atoms with Gasteiger partial charge in [0.2, 0.25) is 0 Å².